The van der Waals surface area contributed by atoms with Crippen molar-refractivity contribution in [3.8, 4) is 11.3 Å². The van der Waals surface area contributed by atoms with Gasteiger partial charge in [0.25, 0.3) is 5.69 Å². The third-order valence-electron chi connectivity index (χ3n) is 4.12. The topological polar surface area (TPSA) is 111 Å². The minimum atomic E-state index is -0.402. The number of non-ortho nitro benzene ring substituents is 1. The Bertz CT molecular complexity index is 1120. The second-order valence-corrected chi connectivity index (χ2v) is 5.77. The normalized spacial score (nSPS) is 11.1. The summed E-state index contributed by atoms with van der Waals surface area (Å²) in [5.41, 5.74) is 9.43. The number of hydrogen-bond donors (Lipinski definition) is 2. The van der Waals surface area contributed by atoms with Crippen LogP contribution in [0.5, 0.6) is 0 Å². The molecule has 0 spiro atoms. The van der Waals surface area contributed by atoms with Crippen molar-refractivity contribution in [2.24, 2.45) is 5.73 Å². The SMILES string of the molecule is NCCNc1nc2ccccc2n2c(-c3cccc([N+](=O)[O-])c3)cnc12. The highest BCUT2D eigenvalue weighted by atomic mass is 16.6. The predicted octanol–water partition coefficient (Wildman–Crippen LogP) is 2.83. The van der Waals surface area contributed by atoms with Crippen LogP contribution in [0.1, 0.15) is 0 Å². The van der Waals surface area contributed by atoms with Gasteiger partial charge in [-0.1, -0.05) is 24.3 Å². The molecule has 0 unspecified atom stereocenters. The first-order valence-corrected chi connectivity index (χ1v) is 8.14. The highest BCUT2D eigenvalue weighted by Gasteiger charge is 2.16. The van der Waals surface area contributed by atoms with Crippen LogP contribution in [0.15, 0.2) is 54.7 Å². The van der Waals surface area contributed by atoms with Gasteiger partial charge in [0.2, 0.25) is 0 Å². The molecule has 0 aliphatic rings. The summed E-state index contributed by atoms with van der Waals surface area (Å²) >= 11 is 0. The summed E-state index contributed by atoms with van der Waals surface area (Å²) in [5, 5.41) is 14.3. The fourth-order valence-corrected chi connectivity index (χ4v) is 2.97. The van der Waals surface area contributed by atoms with E-state index in [4.69, 9.17) is 5.73 Å². The molecule has 0 fully saturated rings. The lowest BCUT2D eigenvalue weighted by Crippen LogP contribution is -2.15. The molecule has 8 nitrogen and oxygen atoms in total. The van der Waals surface area contributed by atoms with Crippen LogP contribution in [0, 0.1) is 10.1 Å². The number of aromatic nitrogens is 3. The van der Waals surface area contributed by atoms with Gasteiger partial charge in [-0.25, -0.2) is 9.97 Å². The number of nitrogens with two attached hydrogens (primary N) is 1. The van der Waals surface area contributed by atoms with E-state index in [9.17, 15) is 10.1 Å². The number of nitro groups is 1. The van der Waals surface area contributed by atoms with Crippen molar-refractivity contribution >= 4 is 28.2 Å². The number of imidazole rings is 1. The molecule has 0 saturated carbocycles. The summed E-state index contributed by atoms with van der Waals surface area (Å²) in [5.74, 6) is 0.630. The molecule has 0 saturated heterocycles. The number of para-hydroxylation sites is 2. The van der Waals surface area contributed by atoms with Crippen molar-refractivity contribution in [1.82, 2.24) is 14.4 Å². The zero-order valence-corrected chi connectivity index (χ0v) is 13.8. The fraction of sp³-hybridized carbons (Fsp3) is 0.111. The average Bonchev–Trinajstić information content (AvgIpc) is 3.12. The number of fused-ring (bicyclic) bond motifs is 3. The van der Waals surface area contributed by atoms with E-state index in [1.54, 1.807) is 18.3 Å². The third kappa shape index (κ3) is 2.62. The highest BCUT2D eigenvalue weighted by Crippen LogP contribution is 2.29. The Kier molecular flexibility index (Phi) is 3.94. The lowest BCUT2D eigenvalue weighted by Gasteiger charge is -2.11. The van der Waals surface area contributed by atoms with Crippen LogP contribution in [0.3, 0.4) is 0 Å². The first-order valence-electron chi connectivity index (χ1n) is 8.14. The standard InChI is InChI=1S/C18H16N6O2/c19-8-9-20-17-18-21-11-16(12-4-3-5-13(10-12)24(25)26)23(18)15-7-2-1-6-14(15)22-17/h1-7,10-11H,8-9,19H2,(H,20,22). The average molecular weight is 348 g/mol. The first-order chi connectivity index (χ1) is 12.7. The van der Waals surface area contributed by atoms with E-state index in [0.29, 0.717) is 30.1 Å². The van der Waals surface area contributed by atoms with Gasteiger partial charge < -0.3 is 11.1 Å². The number of anilines is 1. The van der Waals surface area contributed by atoms with Crippen LogP contribution in [-0.2, 0) is 0 Å². The molecule has 3 N–H and O–H groups in total. The second-order valence-electron chi connectivity index (χ2n) is 5.77. The quantitative estimate of drug-likeness (QED) is 0.424. The van der Waals surface area contributed by atoms with Gasteiger partial charge in [0.05, 0.1) is 27.8 Å². The molecule has 0 bridgehead atoms. The Balaban J connectivity index is 2.01. The largest absolute Gasteiger partial charge is 0.366 e. The second kappa shape index (κ2) is 6.41. The smallest absolute Gasteiger partial charge is 0.270 e. The number of nitro benzene ring substituents is 1. The van der Waals surface area contributed by atoms with Crippen LogP contribution in [0.25, 0.3) is 27.9 Å². The molecule has 8 heteroatoms. The van der Waals surface area contributed by atoms with Crippen molar-refractivity contribution < 1.29 is 4.92 Å². The van der Waals surface area contributed by atoms with Gasteiger partial charge in [-0.05, 0) is 12.1 Å². The van der Waals surface area contributed by atoms with E-state index in [0.717, 1.165) is 16.7 Å². The number of benzene rings is 2. The maximum atomic E-state index is 11.1. The van der Waals surface area contributed by atoms with E-state index in [2.05, 4.69) is 15.3 Å². The molecule has 0 aliphatic heterocycles. The van der Waals surface area contributed by atoms with Crippen molar-refractivity contribution in [3.63, 3.8) is 0 Å². The van der Waals surface area contributed by atoms with E-state index in [1.807, 2.05) is 34.7 Å². The summed E-state index contributed by atoms with van der Waals surface area (Å²) in [7, 11) is 0. The van der Waals surface area contributed by atoms with Gasteiger partial charge in [-0.3, -0.25) is 14.5 Å². The number of rotatable bonds is 5. The Morgan fingerprint density at radius 2 is 2.04 bits per heavy atom. The van der Waals surface area contributed by atoms with Crippen LogP contribution < -0.4 is 11.1 Å². The molecule has 0 amide bonds. The van der Waals surface area contributed by atoms with Gasteiger partial charge in [-0.2, -0.15) is 0 Å². The third-order valence-corrected chi connectivity index (χ3v) is 4.12. The Labute approximate surface area is 148 Å². The molecule has 0 radical (unpaired) electrons. The Hall–Kier alpha value is -3.52. The first kappa shape index (κ1) is 16.0. The molecule has 2 aromatic carbocycles. The lowest BCUT2D eigenvalue weighted by atomic mass is 10.1. The summed E-state index contributed by atoms with van der Waals surface area (Å²) in [4.78, 5) is 19.9. The van der Waals surface area contributed by atoms with Crippen LogP contribution in [0.2, 0.25) is 0 Å². The van der Waals surface area contributed by atoms with Crippen LogP contribution in [0.4, 0.5) is 11.5 Å². The molecule has 26 heavy (non-hydrogen) atoms. The molecule has 0 atom stereocenters. The van der Waals surface area contributed by atoms with E-state index >= 15 is 0 Å². The summed E-state index contributed by atoms with van der Waals surface area (Å²) < 4.78 is 1.96. The number of hydrogen-bond acceptors (Lipinski definition) is 6. The minimum Gasteiger partial charge on any atom is -0.366 e. The molecule has 0 aliphatic carbocycles. The van der Waals surface area contributed by atoms with Crippen molar-refractivity contribution in [2.75, 3.05) is 18.4 Å². The van der Waals surface area contributed by atoms with Crippen LogP contribution >= 0.6 is 0 Å². The van der Waals surface area contributed by atoms with E-state index in [-0.39, 0.29) is 5.69 Å². The molecule has 4 rings (SSSR count). The number of nitrogens with one attached hydrogen (secondary N) is 1. The molecule has 2 heterocycles. The fourth-order valence-electron chi connectivity index (χ4n) is 2.97. The summed E-state index contributed by atoms with van der Waals surface area (Å²) in [6.07, 6.45) is 1.70. The van der Waals surface area contributed by atoms with Crippen molar-refractivity contribution in [2.45, 2.75) is 0 Å². The molecule has 130 valence electrons. The minimum absolute atomic E-state index is 0.0392. The zero-order valence-electron chi connectivity index (χ0n) is 13.8. The van der Waals surface area contributed by atoms with Crippen molar-refractivity contribution in [3.05, 3.63) is 64.8 Å². The Morgan fingerprint density at radius 1 is 1.19 bits per heavy atom. The van der Waals surface area contributed by atoms with Gasteiger partial charge in [0.1, 0.15) is 0 Å². The number of nitrogens with zero attached hydrogens (tertiary/aromatic N) is 4. The monoisotopic (exact) mass is 348 g/mol. The molecular formula is C18H16N6O2. The van der Waals surface area contributed by atoms with E-state index < -0.39 is 4.92 Å². The van der Waals surface area contributed by atoms with Gasteiger partial charge in [0, 0.05) is 30.8 Å². The van der Waals surface area contributed by atoms with Gasteiger partial charge >= 0.3 is 0 Å². The van der Waals surface area contributed by atoms with Gasteiger partial charge in [-0.15, -0.1) is 0 Å². The Morgan fingerprint density at radius 3 is 2.85 bits per heavy atom. The van der Waals surface area contributed by atoms with Crippen molar-refractivity contribution in [1.29, 1.82) is 0 Å². The highest BCUT2D eigenvalue weighted by molar-refractivity contribution is 5.86. The summed E-state index contributed by atoms with van der Waals surface area (Å²) in [6, 6.07) is 14.2. The zero-order chi connectivity index (χ0) is 18.1. The van der Waals surface area contributed by atoms with Crippen LogP contribution in [-0.4, -0.2) is 32.4 Å². The molecule has 2 aromatic heterocycles. The lowest BCUT2D eigenvalue weighted by molar-refractivity contribution is -0.384. The maximum absolute atomic E-state index is 11.1. The summed E-state index contributed by atoms with van der Waals surface area (Å²) in [6.45, 7) is 1.04. The van der Waals surface area contributed by atoms with E-state index in [1.165, 1.54) is 6.07 Å². The molecular weight excluding hydrogens is 332 g/mol. The predicted molar refractivity (Wildman–Crippen MR) is 100 cm³/mol. The molecule has 4 aromatic rings. The van der Waals surface area contributed by atoms with Gasteiger partial charge in [0.15, 0.2) is 11.5 Å². The maximum Gasteiger partial charge on any atom is 0.270 e.